The van der Waals surface area contributed by atoms with E-state index in [1.165, 1.54) is 0 Å². The molecule has 1 atom stereocenters. The van der Waals surface area contributed by atoms with Gasteiger partial charge in [-0.2, -0.15) is 0 Å². The van der Waals surface area contributed by atoms with Crippen molar-refractivity contribution in [2.24, 2.45) is 0 Å². The van der Waals surface area contributed by atoms with Crippen LogP contribution in [0.15, 0.2) is 17.2 Å². The normalized spacial score (nSPS) is 12.4. The molecule has 0 aromatic carbocycles. The van der Waals surface area contributed by atoms with E-state index in [0.717, 1.165) is 6.42 Å². The molecule has 1 rings (SSSR count). The third kappa shape index (κ3) is 3.34. The van der Waals surface area contributed by atoms with Gasteiger partial charge in [-0.3, -0.25) is 4.79 Å². The van der Waals surface area contributed by atoms with Crippen molar-refractivity contribution in [3.05, 3.63) is 22.7 Å². The van der Waals surface area contributed by atoms with Gasteiger partial charge in [-0.1, -0.05) is 13.8 Å². The molecule has 1 aromatic heterocycles. The van der Waals surface area contributed by atoms with Crippen LogP contribution in [0.4, 0.5) is 5.82 Å². The minimum Gasteiger partial charge on any atom is -0.391 e. The molecule has 0 aliphatic carbocycles. The molecule has 0 spiro atoms. The fourth-order valence-electron chi connectivity index (χ4n) is 1.34. The van der Waals surface area contributed by atoms with Crippen LogP contribution in [0.25, 0.3) is 0 Å². The topological polar surface area (TPSA) is 67.2 Å². The van der Waals surface area contributed by atoms with Crippen molar-refractivity contribution in [2.75, 3.05) is 11.9 Å². The summed E-state index contributed by atoms with van der Waals surface area (Å²) in [6.45, 7) is 4.95. The minimum absolute atomic E-state index is 0.132. The van der Waals surface area contributed by atoms with Crippen molar-refractivity contribution in [3.63, 3.8) is 0 Å². The fourth-order valence-corrected chi connectivity index (χ4v) is 1.34. The van der Waals surface area contributed by atoms with Crippen LogP contribution in [0.3, 0.4) is 0 Å². The van der Waals surface area contributed by atoms with Gasteiger partial charge in [-0.05, 0) is 12.8 Å². The Hall–Kier alpha value is -1.36. The van der Waals surface area contributed by atoms with E-state index in [0.29, 0.717) is 25.3 Å². The maximum Gasteiger partial charge on any atom is 0.293 e. The lowest BCUT2D eigenvalue weighted by Gasteiger charge is -2.10. The van der Waals surface area contributed by atoms with Crippen molar-refractivity contribution in [1.29, 1.82) is 0 Å². The van der Waals surface area contributed by atoms with Crippen molar-refractivity contribution in [1.82, 2.24) is 9.55 Å². The first-order valence-corrected chi connectivity index (χ1v) is 5.66. The molecule has 0 radical (unpaired) electrons. The van der Waals surface area contributed by atoms with Crippen LogP contribution in [0.2, 0.25) is 0 Å². The Morgan fingerprint density at radius 3 is 2.94 bits per heavy atom. The van der Waals surface area contributed by atoms with Gasteiger partial charge in [0.2, 0.25) is 0 Å². The molecule has 0 aliphatic rings. The predicted molar refractivity (Wildman–Crippen MR) is 63.6 cm³/mol. The van der Waals surface area contributed by atoms with E-state index in [9.17, 15) is 9.90 Å². The van der Waals surface area contributed by atoms with Crippen LogP contribution in [-0.4, -0.2) is 27.3 Å². The first kappa shape index (κ1) is 12.7. The summed E-state index contributed by atoms with van der Waals surface area (Å²) in [4.78, 5) is 15.8. The number of aromatic nitrogens is 2. The molecular formula is C11H19N3O2. The summed E-state index contributed by atoms with van der Waals surface area (Å²) in [7, 11) is 0. The average molecular weight is 225 g/mol. The fraction of sp³-hybridized carbons (Fsp3) is 0.636. The molecule has 0 amide bonds. The van der Waals surface area contributed by atoms with Crippen molar-refractivity contribution in [3.8, 4) is 0 Å². The van der Waals surface area contributed by atoms with Gasteiger partial charge in [0.05, 0.1) is 6.10 Å². The molecule has 90 valence electrons. The summed E-state index contributed by atoms with van der Waals surface area (Å²) in [5.41, 5.74) is -0.132. The zero-order chi connectivity index (χ0) is 12.0. The highest BCUT2D eigenvalue weighted by molar-refractivity contribution is 5.30. The molecule has 0 fully saturated rings. The Bertz CT molecular complexity index is 376. The number of rotatable bonds is 6. The lowest BCUT2D eigenvalue weighted by molar-refractivity contribution is 0.183. The van der Waals surface area contributed by atoms with E-state index < -0.39 is 6.10 Å². The zero-order valence-electron chi connectivity index (χ0n) is 9.81. The molecule has 16 heavy (non-hydrogen) atoms. The first-order chi connectivity index (χ1) is 7.69. The van der Waals surface area contributed by atoms with Gasteiger partial charge in [0.15, 0.2) is 5.82 Å². The molecule has 1 aromatic rings. The molecule has 1 heterocycles. The van der Waals surface area contributed by atoms with Gasteiger partial charge in [0, 0.05) is 25.5 Å². The van der Waals surface area contributed by atoms with E-state index >= 15 is 0 Å². The van der Waals surface area contributed by atoms with Gasteiger partial charge in [0.1, 0.15) is 0 Å². The maximum absolute atomic E-state index is 11.8. The van der Waals surface area contributed by atoms with Crippen LogP contribution in [0.5, 0.6) is 0 Å². The third-order valence-corrected chi connectivity index (χ3v) is 2.35. The monoisotopic (exact) mass is 225 g/mol. The number of hydrogen-bond donors (Lipinski definition) is 2. The summed E-state index contributed by atoms with van der Waals surface area (Å²) in [6.07, 6.45) is 4.38. The number of nitrogens with one attached hydrogen (secondary N) is 1. The number of anilines is 1. The second-order valence-electron chi connectivity index (χ2n) is 3.72. The summed E-state index contributed by atoms with van der Waals surface area (Å²) >= 11 is 0. The SMILES string of the molecule is CCCn1ccnc(NCC(O)CC)c1=O. The van der Waals surface area contributed by atoms with Gasteiger partial charge in [-0.25, -0.2) is 4.98 Å². The highest BCUT2D eigenvalue weighted by Gasteiger charge is 2.06. The van der Waals surface area contributed by atoms with Crippen molar-refractivity contribution in [2.45, 2.75) is 39.3 Å². The Morgan fingerprint density at radius 2 is 2.31 bits per heavy atom. The van der Waals surface area contributed by atoms with Gasteiger partial charge >= 0.3 is 0 Å². The number of hydrogen-bond acceptors (Lipinski definition) is 4. The molecule has 0 saturated carbocycles. The number of aliphatic hydroxyl groups is 1. The van der Waals surface area contributed by atoms with E-state index in [1.807, 2.05) is 13.8 Å². The molecule has 5 heteroatoms. The Labute approximate surface area is 95.1 Å². The molecule has 0 saturated heterocycles. The summed E-state index contributed by atoms with van der Waals surface area (Å²) in [5, 5.41) is 12.3. The van der Waals surface area contributed by atoms with Crippen LogP contribution in [0, 0.1) is 0 Å². The standard InChI is InChI=1S/C11H19N3O2/c1-3-6-14-7-5-12-10(11(14)16)13-8-9(15)4-2/h5,7,9,15H,3-4,6,8H2,1-2H3,(H,12,13). The summed E-state index contributed by atoms with van der Waals surface area (Å²) < 4.78 is 1.62. The van der Waals surface area contributed by atoms with Gasteiger partial charge < -0.3 is 15.0 Å². The van der Waals surface area contributed by atoms with Crippen LogP contribution >= 0.6 is 0 Å². The number of aryl methyl sites for hydroxylation is 1. The largest absolute Gasteiger partial charge is 0.391 e. The van der Waals surface area contributed by atoms with Gasteiger partial charge in [-0.15, -0.1) is 0 Å². The molecule has 5 nitrogen and oxygen atoms in total. The van der Waals surface area contributed by atoms with E-state index in [2.05, 4.69) is 10.3 Å². The van der Waals surface area contributed by atoms with Crippen LogP contribution in [-0.2, 0) is 6.54 Å². The Kier molecular flexibility index (Phi) is 4.98. The molecule has 0 aliphatic heterocycles. The van der Waals surface area contributed by atoms with Crippen LogP contribution < -0.4 is 10.9 Å². The quantitative estimate of drug-likeness (QED) is 0.752. The highest BCUT2D eigenvalue weighted by Crippen LogP contribution is 1.96. The minimum atomic E-state index is -0.443. The summed E-state index contributed by atoms with van der Waals surface area (Å²) in [6, 6.07) is 0. The van der Waals surface area contributed by atoms with E-state index in [4.69, 9.17) is 0 Å². The Morgan fingerprint density at radius 1 is 1.56 bits per heavy atom. The molecule has 1 unspecified atom stereocenters. The summed E-state index contributed by atoms with van der Waals surface area (Å²) in [5.74, 6) is 0.309. The lowest BCUT2D eigenvalue weighted by atomic mass is 10.3. The zero-order valence-corrected chi connectivity index (χ0v) is 9.81. The number of aliphatic hydroxyl groups excluding tert-OH is 1. The smallest absolute Gasteiger partial charge is 0.293 e. The second kappa shape index (κ2) is 6.27. The third-order valence-electron chi connectivity index (χ3n) is 2.35. The van der Waals surface area contributed by atoms with Crippen molar-refractivity contribution < 1.29 is 5.11 Å². The average Bonchev–Trinajstić information content (AvgIpc) is 2.30. The van der Waals surface area contributed by atoms with Gasteiger partial charge in [0.25, 0.3) is 5.56 Å². The molecule has 2 N–H and O–H groups in total. The molecular weight excluding hydrogens is 206 g/mol. The maximum atomic E-state index is 11.8. The second-order valence-corrected chi connectivity index (χ2v) is 3.72. The van der Waals surface area contributed by atoms with E-state index in [-0.39, 0.29) is 5.56 Å². The number of nitrogens with zero attached hydrogens (tertiary/aromatic N) is 2. The van der Waals surface area contributed by atoms with Crippen LogP contribution in [0.1, 0.15) is 26.7 Å². The molecule has 0 bridgehead atoms. The van der Waals surface area contributed by atoms with E-state index in [1.54, 1.807) is 17.0 Å². The van der Waals surface area contributed by atoms with Crippen molar-refractivity contribution >= 4 is 5.82 Å². The Balaban J connectivity index is 2.73. The first-order valence-electron chi connectivity index (χ1n) is 5.66. The highest BCUT2D eigenvalue weighted by atomic mass is 16.3. The predicted octanol–water partition coefficient (Wildman–Crippen LogP) is 0.836. The lowest BCUT2D eigenvalue weighted by Crippen LogP contribution is -2.27.